The van der Waals surface area contributed by atoms with Crippen LogP contribution in [0.2, 0.25) is 0 Å². The van der Waals surface area contributed by atoms with Gasteiger partial charge < -0.3 is 4.74 Å². The quantitative estimate of drug-likeness (QED) is 0.779. The smallest absolute Gasteiger partial charge is 0.213 e. The van der Waals surface area contributed by atoms with Crippen molar-refractivity contribution in [1.82, 2.24) is 20.0 Å². The number of aromatic nitrogens is 4. The third kappa shape index (κ3) is 2.62. The van der Waals surface area contributed by atoms with Gasteiger partial charge >= 0.3 is 0 Å². The van der Waals surface area contributed by atoms with Crippen LogP contribution in [0.3, 0.4) is 0 Å². The molecule has 0 saturated carbocycles. The van der Waals surface area contributed by atoms with Crippen molar-refractivity contribution in [1.29, 1.82) is 0 Å². The van der Waals surface area contributed by atoms with Gasteiger partial charge in [-0.3, -0.25) is 9.48 Å². The minimum Gasteiger partial charge on any atom is -0.383 e. The molecule has 94 valence electrons. The van der Waals surface area contributed by atoms with Crippen LogP contribution in [0.5, 0.6) is 0 Å². The van der Waals surface area contributed by atoms with Crippen LogP contribution < -0.4 is 0 Å². The van der Waals surface area contributed by atoms with Gasteiger partial charge in [-0.15, -0.1) is 0 Å². The van der Waals surface area contributed by atoms with Gasteiger partial charge in [-0.2, -0.15) is 15.3 Å². The zero-order chi connectivity index (χ0) is 13.0. The van der Waals surface area contributed by atoms with Crippen LogP contribution in [0.25, 0.3) is 0 Å². The first-order valence-corrected chi connectivity index (χ1v) is 6.05. The molecule has 2 rings (SSSR count). The number of hydrogen-bond acceptors (Lipinski definition) is 5. The lowest BCUT2D eigenvalue weighted by Gasteiger charge is -2.06. The molecule has 0 amide bonds. The van der Waals surface area contributed by atoms with Crippen molar-refractivity contribution < 1.29 is 9.53 Å². The Morgan fingerprint density at radius 2 is 2.28 bits per heavy atom. The van der Waals surface area contributed by atoms with Crippen LogP contribution >= 0.6 is 15.9 Å². The molecule has 0 aromatic carbocycles. The normalized spacial score (nSPS) is 10.6. The molecule has 2 aromatic rings. The summed E-state index contributed by atoms with van der Waals surface area (Å²) in [5, 5.41) is 11.5. The van der Waals surface area contributed by atoms with Crippen molar-refractivity contribution in [2.24, 2.45) is 0 Å². The van der Waals surface area contributed by atoms with Gasteiger partial charge in [0.15, 0.2) is 0 Å². The van der Waals surface area contributed by atoms with Crippen LogP contribution in [-0.4, -0.2) is 39.5 Å². The molecule has 0 N–H and O–H groups in total. The molecule has 6 nitrogen and oxygen atoms in total. The fourth-order valence-corrected chi connectivity index (χ4v) is 1.97. The SMILES string of the molecule is COCCn1ncc(Br)c1C(=O)c1ccnnc1. The van der Waals surface area contributed by atoms with Gasteiger partial charge in [-0.05, 0) is 22.0 Å². The van der Waals surface area contributed by atoms with Gasteiger partial charge in [-0.25, -0.2) is 0 Å². The fourth-order valence-electron chi connectivity index (χ4n) is 1.50. The summed E-state index contributed by atoms with van der Waals surface area (Å²) in [7, 11) is 1.60. The van der Waals surface area contributed by atoms with Gasteiger partial charge in [0.05, 0.1) is 36.2 Å². The zero-order valence-electron chi connectivity index (χ0n) is 9.71. The minimum atomic E-state index is -0.148. The maximum Gasteiger partial charge on any atom is 0.213 e. The van der Waals surface area contributed by atoms with Crippen LogP contribution in [0, 0.1) is 0 Å². The van der Waals surface area contributed by atoms with E-state index in [2.05, 4.69) is 31.2 Å². The first-order valence-electron chi connectivity index (χ1n) is 5.25. The van der Waals surface area contributed by atoms with E-state index >= 15 is 0 Å². The van der Waals surface area contributed by atoms with Gasteiger partial charge in [0.2, 0.25) is 5.78 Å². The highest BCUT2D eigenvalue weighted by molar-refractivity contribution is 9.10. The number of rotatable bonds is 5. The molecule has 0 aliphatic heterocycles. The summed E-state index contributed by atoms with van der Waals surface area (Å²) in [5.74, 6) is -0.148. The van der Waals surface area contributed by atoms with Crippen LogP contribution in [0.1, 0.15) is 16.1 Å². The minimum absolute atomic E-state index is 0.148. The molecule has 2 aromatic heterocycles. The zero-order valence-corrected chi connectivity index (χ0v) is 11.3. The summed E-state index contributed by atoms with van der Waals surface area (Å²) in [6.45, 7) is 1.00. The lowest BCUT2D eigenvalue weighted by atomic mass is 10.1. The van der Waals surface area contributed by atoms with Crippen LogP contribution in [0.4, 0.5) is 0 Å². The van der Waals surface area contributed by atoms with E-state index in [9.17, 15) is 4.79 Å². The highest BCUT2D eigenvalue weighted by Crippen LogP contribution is 2.19. The lowest BCUT2D eigenvalue weighted by molar-refractivity contribution is 0.102. The monoisotopic (exact) mass is 310 g/mol. The van der Waals surface area contributed by atoms with E-state index in [1.807, 2.05) is 0 Å². The first kappa shape index (κ1) is 12.8. The molecule has 2 heterocycles. The molecule has 0 aliphatic rings. The van der Waals surface area contributed by atoms with Crippen molar-refractivity contribution in [3.05, 3.63) is 40.4 Å². The number of ketones is 1. The van der Waals surface area contributed by atoms with E-state index in [0.29, 0.717) is 28.9 Å². The number of hydrogen-bond donors (Lipinski definition) is 0. The van der Waals surface area contributed by atoms with E-state index < -0.39 is 0 Å². The standard InChI is InChI=1S/C11H11BrN4O2/c1-18-5-4-16-10(9(12)7-15-16)11(17)8-2-3-13-14-6-8/h2-3,6-7H,4-5H2,1H3. The Morgan fingerprint density at radius 1 is 1.44 bits per heavy atom. The topological polar surface area (TPSA) is 69.9 Å². The van der Waals surface area contributed by atoms with E-state index in [4.69, 9.17) is 4.74 Å². The Hall–Kier alpha value is -1.60. The Bertz CT molecular complexity index is 541. The maximum atomic E-state index is 12.3. The number of methoxy groups -OCH3 is 1. The van der Waals surface area contributed by atoms with E-state index in [1.165, 1.54) is 12.4 Å². The molecule has 0 atom stereocenters. The molecule has 0 bridgehead atoms. The number of nitrogens with zero attached hydrogens (tertiary/aromatic N) is 4. The van der Waals surface area contributed by atoms with Crippen molar-refractivity contribution >= 4 is 21.7 Å². The lowest BCUT2D eigenvalue weighted by Crippen LogP contribution is -2.15. The summed E-state index contributed by atoms with van der Waals surface area (Å²) in [5.41, 5.74) is 0.963. The molecule has 0 unspecified atom stereocenters. The van der Waals surface area contributed by atoms with Crippen molar-refractivity contribution in [3.63, 3.8) is 0 Å². The van der Waals surface area contributed by atoms with Gasteiger partial charge in [-0.1, -0.05) is 0 Å². The Morgan fingerprint density at radius 3 is 2.94 bits per heavy atom. The fraction of sp³-hybridized carbons (Fsp3) is 0.273. The third-order valence-electron chi connectivity index (χ3n) is 2.36. The Kier molecular flexibility index (Phi) is 4.16. The molecular weight excluding hydrogens is 300 g/mol. The summed E-state index contributed by atoms with van der Waals surface area (Å²) < 4.78 is 7.25. The summed E-state index contributed by atoms with van der Waals surface area (Å²) in [4.78, 5) is 12.3. The second-order valence-electron chi connectivity index (χ2n) is 3.52. The predicted octanol–water partition coefficient (Wildman–Crippen LogP) is 1.31. The molecule has 0 spiro atoms. The second-order valence-corrected chi connectivity index (χ2v) is 4.37. The molecule has 7 heteroatoms. The summed E-state index contributed by atoms with van der Waals surface area (Å²) in [6, 6.07) is 1.62. The number of ether oxygens (including phenoxy) is 1. The van der Waals surface area contributed by atoms with Crippen LogP contribution in [-0.2, 0) is 11.3 Å². The molecule has 0 aliphatic carbocycles. The average Bonchev–Trinajstić information content (AvgIpc) is 2.77. The highest BCUT2D eigenvalue weighted by Gasteiger charge is 2.18. The first-order chi connectivity index (χ1) is 8.74. The van der Waals surface area contributed by atoms with Gasteiger partial charge in [0.1, 0.15) is 5.69 Å². The third-order valence-corrected chi connectivity index (χ3v) is 2.94. The second kappa shape index (κ2) is 5.83. The molecule has 0 fully saturated rings. The Labute approximate surface area is 112 Å². The van der Waals surface area contributed by atoms with E-state index in [0.717, 1.165) is 0 Å². The van der Waals surface area contributed by atoms with Crippen molar-refractivity contribution in [2.45, 2.75) is 6.54 Å². The Balaban J connectivity index is 2.32. The summed E-state index contributed by atoms with van der Waals surface area (Å²) in [6.07, 6.45) is 4.51. The largest absolute Gasteiger partial charge is 0.383 e. The van der Waals surface area contributed by atoms with Crippen molar-refractivity contribution in [3.8, 4) is 0 Å². The average molecular weight is 311 g/mol. The number of carbonyl (C=O) groups is 1. The van der Waals surface area contributed by atoms with Crippen molar-refractivity contribution in [2.75, 3.05) is 13.7 Å². The van der Waals surface area contributed by atoms with Gasteiger partial charge in [0, 0.05) is 12.7 Å². The highest BCUT2D eigenvalue weighted by atomic mass is 79.9. The van der Waals surface area contributed by atoms with E-state index in [1.54, 1.807) is 24.1 Å². The summed E-state index contributed by atoms with van der Waals surface area (Å²) >= 11 is 3.33. The molecule has 0 radical (unpaired) electrons. The number of carbonyl (C=O) groups excluding carboxylic acids is 1. The molecule has 0 saturated heterocycles. The maximum absolute atomic E-state index is 12.3. The predicted molar refractivity (Wildman–Crippen MR) is 67.3 cm³/mol. The molecule has 18 heavy (non-hydrogen) atoms. The van der Waals surface area contributed by atoms with Gasteiger partial charge in [0.25, 0.3) is 0 Å². The van der Waals surface area contributed by atoms with Crippen LogP contribution in [0.15, 0.2) is 29.1 Å². The van der Waals surface area contributed by atoms with E-state index in [-0.39, 0.29) is 5.78 Å². The molecular formula is C11H11BrN4O2. The number of halogens is 1.